The largest absolute Gasteiger partial charge is 0.440 e. The minimum atomic E-state index is 0.667. The van der Waals surface area contributed by atoms with E-state index in [2.05, 4.69) is 20.3 Å². The van der Waals surface area contributed by atoms with Gasteiger partial charge in [0.25, 0.3) is 5.22 Å². The molecule has 0 aromatic carbocycles. The number of thioether (sulfide) groups is 1. The maximum absolute atomic E-state index is 5.24. The van der Waals surface area contributed by atoms with Crippen LogP contribution in [0.5, 0.6) is 0 Å². The molecule has 2 heterocycles. The van der Waals surface area contributed by atoms with Gasteiger partial charge in [-0.05, 0) is 13.8 Å². The van der Waals surface area contributed by atoms with Crippen molar-refractivity contribution in [2.75, 3.05) is 11.9 Å². The highest BCUT2D eigenvalue weighted by molar-refractivity contribution is 7.98. The van der Waals surface area contributed by atoms with Crippen molar-refractivity contribution in [1.29, 1.82) is 0 Å². The van der Waals surface area contributed by atoms with Crippen LogP contribution in [0.15, 0.2) is 28.3 Å². The lowest BCUT2D eigenvalue weighted by Gasteiger charge is -2.02. The summed E-state index contributed by atoms with van der Waals surface area (Å²) in [4.78, 5) is 12.8. The van der Waals surface area contributed by atoms with E-state index in [1.807, 2.05) is 13.8 Å². The molecule has 5 nitrogen and oxygen atoms in total. The lowest BCUT2D eigenvalue weighted by Crippen LogP contribution is -2.00. The number of aryl methyl sites for hydroxylation is 1. The van der Waals surface area contributed by atoms with Gasteiger partial charge in [-0.3, -0.25) is 4.98 Å². The van der Waals surface area contributed by atoms with E-state index in [1.165, 1.54) is 11.8 Å². The third-order valence-corrected chi connectivity index (χ3v) is 2.88. The summed E-state index contributed by atoms with van der Waals surface area (Å²) in [5, 5.41) is 3.77. The third kappa shape index (κ3) is 3.45. The van der Waals surface area contributed by atoms with E-state index in [1.54, 1.807) is 18.7 Å². The fraction of sp³-hybridized carbons (Fsp3) is 0.364. The standard InChI is InChI=1S/C11H14N4OS/c1-3-12-10-5-13-9(4-14-10)7-17-11-15-8(2)6-16-11/h4-6H,3,7H2,1-2H3,(H,12,14). The lowest BCUT2D eigenvalue weighted by atomic mass is 10.5. The minimum absolute atomic E-state index is 0.667. The lowest BCUT2D eigenvalue weighted by molar-refractivity contribution is 0.454. The normalized spacial score (nSPS) is 10.5. The second-order valence-corrected chi connectivity index (χ2v) is 4.39. The highest BCUT2D eigenvalue weighted by atomic mass is 32.2. The van der Waals surface area contributed by atoms with Crippen LogP contribution in [0.2, 0.25) is 0 Å². The predicted molar refractivity (Wildman–Crippen MR) is 67.0 cm³/mol. The van der Waals surface area contributed by atoms with E-state index in [4.69, 9.17) is 4.42 Å². The molecule has 0 saturated heterocycles. The Balaban J connectivity index is 1.90. The zero-order valence-corrected chi connectivity index (χ0v) is 10.6. The maximum atomic E-state index is 5.24. The van der Waals surface area contributed by atoms with Gasteiger partial charge in [-0.25, -0.2) is 9.97 Å². The molecule has 0 saturated carbocycles. The molecule has 0 fully saturated rings. The molecular weight excluding hydrogens is 236 g/mol. The molecule has 0 spiro atoms. The predicted octanol–water partition coefficient (Wildman–Crippen LogP) is 2.50. The van der Waals surface area contributed by atoms with Gasteiger partial charge in [-0.2, -0.15) is 0 Å². The third-order valence-electron chi connectivity index (χ3n) is 2.00. The fourth-order valence-corrected chi connectivity index (χ4v) is 1.98. The second kappa shape index (κ2) is 5.67. The molecule has 0 amide bonds. The summed E-state index contributed by atoms with van der Waals surface area (Å²) < 4.78 is 5.24. The van der Waals surface area contributed by atoms with Crippen LogP contribution < -0.4 is 5.32 Å². The van der Waals surface area contributed by atoms with Crippen LogP contribution in [0.3, 0.4) is 0 Å². The number of hydrogen-bond acceptors (Lipinski definition) is 6. The van der Waals surface area contributed by atoms with Gasteiger partial charge in [-0.15, -0.1) is 0 Å². The van der Waals surface area contributed by atoms with Crippen molar-refractivity contribution in [2.24, 2.45) is 0 Å². The van der Waals surface area contributed by atoms with Crippen LogP contribution >= 0.6 is 11.8 Å². The first kappa shape index (κ1) is 11.9. The van der Waals surface area contributed by atoms with E-state index >= 15 is 0 Å². The van der Waals surface area contributed by atoms with E-state index in [0.29, 0.717) is 11.0 Å². The minimum Gasteiger partial charge on any atom is -0.440 e. The van der Waals surface area contributed by atoms with Crippen molar-refractivity contribution in [3.63, 3.8) is 0 Å². The van der Waals surface area contributed by atoms with E-state index in [0.717, 1.165) is 23.8 Å². The molecule has 0 bridgehead atoms. The Hall–Kier alpha value is -1.56. The molecule has 0 aliphatic carbocycles. The topological polar surface area (TPSA) is 63.8 Å². The Morgan fingerprint density at radius 2 is 2.24 bits per heavy atom. The van der Waals surface area contributed by atoms with Gasteiger partial charge < -0.3 is 9.73 Å². The van der Waals surface area contributed by atoms with E-state index in [-0.39, 0.29) is 0 Å². The van der Waals surface area contributed by atoms with Gasteiger partial charge in [0.05, 0.1) is 23.8 Å². The quantitative estimate of drug-likeness (QED) is 0.822. The smallest absolute Gasteiger partial charge is 0.256 e. The maximum Gasteiger partial charge on any atom is 0.256 e. The van der Waals surface area contributed by atoms with Crippen molar-refractivity contribution in [1.82, 2.24) is 15.0 Å². The van der Waals surface area contributed by atoms with E-state index in [9.17, 15) is 0 Å². The summed E-state index contributed by atoms with van der Waals surface area (Å²) >= 11 is 1.51. The SMILES string of the molecule is CCNc1cnc(CSc2nc(C)co2)cn1. The van der Waals surface area contributed by atoms with Crippen molar-refractivity contribution in [2.45, 2.75) is 24.8 Å². The molecule has 0 atom stereocenters. The monoisotopic (exact) mass is 250 g/mol. The van der Waals surface area contributed by atoms with Crippen LogP contribution in [0, 0.1) is 6.92 Å². The fourth-order valence-electron chi connectivity index (χ4n) is 1.24. The average Bonchev–Trinajstić information content (AvgIpc) is 2.75. The van der Waals surface area contributed by atoms with Crippen LogP contribution in [-0.2, 0) is 5.75 Å². The number of oxazole rings is 1. The summed E-state index contributed by atoms with van der Waals surface area (Å²) in [6.07, 6.45) is 5.14. The molecular formula is C11H14N4OS. The molecule has 6 heteroatoms. The van der Waals surface area contributed by atoms with Gasteiger partial charge in [0, 0.05) is 12.3 Å². The average molecular weight is 250 g/mol. The van der Waals surface area contributed by atoms with Crippen LogP contribution in [-0.4, -0.2) is 21.5 Å². The van der Waals surface area contributed by atoms with Crippen molar-refractivity contribution in [3.8, 4) is 0 Å². The van der Waals surface area contributed by atoms with Crippen LogP contribution in [0.25, 0.3) is 0 Å². The first-order chi connectivity index (χ1) is 8.28. The molecule has 1 N–H and O–H groups in total. The van der Waals surface area contributed by atoms with Gasteiger partial charge in [-0.1, -0.05) is 11.8 Å². The molecule has 0 aliphatic heterocycles. The Kier molecular flexibility index (Phi) is 3.98. The van der Waals surface area contributed by atoms with Crippen molar-refractivity contribution in [3.05, 3.63) is 30.0 Å². The zero-order valence-electron chi connectivity index (χ0n) is 9.80. The molecule has 2 aromatic rings. The van der Waals surface area contributed by atoms with Crippen LogP contribution in [0.4, 0.5) is 5.82 Å². The Labute approximate surface area is 104 Å². The first-order valence-corrected chi connectivity index (χ1v) is 6.36. The molecule has 0 aliphatic rings. The first-order valence-electron chi connectivity index (χ1n) is 5.37. The number of nitrogens with zero attached hydrogens (tertiary/aromatic N) is 3. The summed E-state index contributed by atoms with van der Waals surface area (Å²) in [5.74, 6) is 1.51. The molecule has 0 unspecified atom stereocenters. The summed E-state index contributed by atoms with van der Waals surface area (Å²) in [6, 6.07) is 0. The highest BCUT2D eigenvalue weighted by Gasteiger charge is 2.03. The molecule has 2 aromatic heterocycles. The van der Waals surface area contributed by atoms with Crippen molar-refractivity contribution >= 4 is 17.6 Å². The summed E-state index contributed by atoms with van der Waals surface area (Å²) in [6.45, 7) is 4.77. The number of aromatic nitrogens is 3. The number of nitrogens with one attached hydrogen (secondary N) is 1. The number of hydrogen-bond donors (Lipinski definition) is 1. The van der Waals surface area contributed by atoms with Crippen molar-refractivity contribution < 1.29 is 4.42 Å². The Morgan fingerprint density at radius 3 is 2.82 bits per heavy atom. The molecule has 17 heavy (non-hydrogen) atoms. The Bertz CT molecular complexity index is 469. The zero-order chi connectivity index (χ0) is 12.1. The van der Waals surface area contributed by atoms with Gasteiger partial charge in [0.15, 0.2) is 0 Å². The number of anilines is 1. The molecule has 90 valence electrons. The summed E-state index contributed by atoms with van der Waals surface area (Å²) in [7, 11) is 0. The molecule has 2 rings (SSSR count). The van der Waals surface area contributed by atoms with E-state index < -0.39 is 0 Å². The van der Waals surface area contributed by atoms with Gasteiger partial charge in [0.2, 0.25) is 0 Å². The second-order valence-electron chi connectivity index (χ2n) is 3.47. The summed E-state index contributed by atoms with van der Waals surface area (Å²) in [5.41, 5.74) is 1.80. The highest BCUT2D eigenvalue weighted by Crippen LogP contribution is 2.20. The Morgan fingerprint density at radius 1 is 1.35 bits per heavy atom. The van der Waals surface area contributed by atoms with Gasteiger partial charge in [0.1, 0.15) is 12.1 Å². The van der Waals surface area contributed by atoms with Gasteiger partial charge >= 0.3 is 0 Å². The molecule has 0 radical (unpaired) electrons. The number of rotatable bonds is 5. The van der Waals surface area contributed by atoms with Crippen LogP contribution in [0.1, 0.15) is 18.3 Å².